The number of rotatable bonds is 7. The van der Waals surface area contributed by atoms with Gasteiger partial charge in [0.05, 0.1) is 33.4 Å². The molecule has 0 aliphatic carbocycles. The van der Waals surface area contributed by atoms with E-state index in [1.54, 1.807) is 0 Å². The van der Waals surface area contributed by atoms with Gasteiger partial charge in [0.15, 0.2) is 5.69 Å². The van der Waals surface area contributed by atoms with Gasteiger partial charge in [0.25, 0.3) is 5.69 Å². The van der Waals surface area contributed by atoms with Crippen molar-refractivity contribution in [2.75, 3.05) is 5.32 Å². The number of benzene rings is 2. The molecule has 0 saturated carbocycles. The maximum absolute atomic E-state index is 11.5. The first-order valence-electron chi connectivity index (χ1n) is 9.21. The number of nitrogens with zero attached hydrogens (tertiary/aromatic N) is 7. The van der Waals surface area contributed by atoms with Crippen molar-refractivity contribution >= 4 is 28.7 Å². The van der Waals surface area contributed by atoms with Gasteiger partial charge in [0.1, 0.15) is 0 Å². The van der Waals surface area contributed by atoms with Crippen molar-refractivity contribution in [1.82, 2.24) is 20.2 Å². The van der Waals surface area contributed by atoms with E-state index in [2.05, 4.69) is 41.6 Å². The molecule has 166 valence electrons. The fourth-order valence-corrected chi connectivity index (χ4v) is 2.91. The molecule has 0 amide bonds. The van der Waals surface area contributed by atoms with Crippen LogP contribution in [-0.2, 0) is 12.0 Å². The second-order valence-electron chi connectivity index (χ2n) is 7.86. The summed E-state index contributed by atoms with van der Waals surface area (Å²) in [6, 6.07) is 8.94. The summed E-state index contributed by atoms with van der Waals surface area (Å²) >= 11 is 0. The summed E-state index contributed by atoms with van der Waals surface area (Å²) in [4.78, 5) is 31.1. The molecule has 0 atom stereocenters. The van der Waals surface area contributed by atoms with Gasteiger partial charge in [-0.25, -0.2) is 4.68 Å². The summed E-state index contributed by atoms with van der Waals surface area (Å²) in [5.41, 5.74) is -1.15. The molecule has 0 aliphatic heterocycles. The molecule has 0 saturated heterocycles. The normalized spacial score (nSPS) is 11.2. The van der Waals surface area contributed by atoms with Crippen molar-refractivity contribution < 1.29 is 14.8 Å². The largest absolute Gasteiger partial charge is 0.312 e. The Kier molecular flexibility index (Phi) is 5.78. The summed E-state index contributed by atoms with van der Waals surface area (Å²) in [5.74, 6) is -0.107. The van der Waals surface area contributed by atoms with Crippen molar-refractivity contribution in [2.24, 2.45) is 0 Å². The number of tetrazole rings is 1. The first kappa shape index (κ1) is 22.2. The quantitative estimate of drug-likeness (QED) is 0.419. The number of nitro benzene ring substituents is 3. The first-order chi connectivity index (χ1) is 15.0. The maximum Gasteiger partial charge on any atom is 0.306 e. The second-order valence-corrected chi connectivity index (χ2v) is 7.86. The van der Waals surface area contributed by atoms with Crippen LogP contribution in [0.1, 0.15) is 31.9 Å². The van der Waals surface area contributed by atoms with Crippen LogP contribution in [0.3, 0.4) is 0 Å². The number of non-ortho nitro benzene ring substituents is 1. The third-order valence-electron chi connectivity index (χ3n) is 4.61. The monoisotopic (exact) mass is 442 g/mol. The van der Waals surface area contributed by atoms with Gasteiger partial charge in [-0.1, -0.05) is 50.1 Å². The van der Waals surface area contributed by atoms with Crippen LogP contribution in [0.25, 0.3) is 0 Å². The zero-order valence-electron chi connectivity index (χ0n) is 17.3. The SMILES string of the molecule is CC(C)(C)c1ccc(Cn2nnnc2Nc2c([N+](=O)[O-])cc([N+](=O)[O-])cc2[N+](=O)[O-])cc1. The number of nitrogens with one attached hydrogen (secondary N) is 1. The Balaban J connectivity index is 1.97. The zero-order valence-corrected chi connectivity index (χ0v) is 17.3. The Morgan fingerprint density at radius 2 is 1.50 bits per heavy atom. The van der Waals surface area contributed by atoms with E-state index >= 15 is 0 Å². The minimum Gasteiger partial charge on any atom is -0.312 e. The predicted molar refractivity (Wildman–Crippen MR) is 112 cm³/mol. The molecule has 0 aliphatic rings. The van der Waals surface area contributed by atoms with Crippen LogP contribution >= 0.6 is 0 Å². The fraction of sp³-hybridized carbons (Fsp3) is 0.278. The average Bonchev–Trinajstić information content (AvgIpc) is 3.13. The van der Waals surface area contributed by atoms with Crippen molar-refractivity contribution in [3.63, 3.8) is 0 Å². The Bertz CT molecular complexity index is 1160. The molecule has 0 bridgehead atoms. The van der Waals surface area contributed by atoms with Crippen LogP contribution in [-0.4, -0.2) is 35.0 Å². The first-order valence-corrected chi connectivity index (χ1v) is 9.21. The summed E-state index contributed by atoms with van der Waals surface area (Å²) in [6.45, 7) is 6.41. The minimum atomic E-state index is -0.957. The van der Waals surface area contributed by atoms with E-state index in [-0.39, 0.29) is 17.9 Å². The number of nitro groups is 3. The van der Waals surface area contributed by atoms with Crippen LogP contribution in [0.4, 0.5) is 28.7 Å². The molecular formula is C18H18N8O6. The lowest BCUT2D eigenvalue weighted by Crippen LogP contribution is -2.12. The predicted octanol–water partition coefficient (Wildman–Crippen LogP) is 3.49. The van der Waals surface area contributed by atoms with Crippen LogP contribution < -0.4 is 5.32 Å². The Morgan fingerprint density at radius 1 is 0.938 bits per heavy atom. The zero-order chi connectivity index (χ0) is 23.6. The Morgan fingerprint density at radius 3 is 1.97 bits per heavy atom. The molecule has 32 heavy (non-hydrogen) atoms. The minimum absolute atomic E-state index is 0.0339. The molecule has 3 aromatic rings. The fourth-order valence-electron chi connectivity index (χ4n) is 2.91. The van der Waals surface area contributed by atoms with Gasteiger partial charge in [-0.3, -0.25) is 30.3 Å². The van der Waals surface area contributed by atoms with E-state index in [0.717, 1.165) is 11.1 Å². The number of aromatic nitrogens is 4. The smallest absolute Gasteiger partial charge is 0.306 e. The molecule has 2 aromatic carbocycles. The van der Waals surface area contributed by atoms with Crippen molar-refractivity contribution in [1.29, 1.82) is 0 Å². The molecule has 1 N–H and O–H groups in total. The molecule has 0 radical (unpaired) electrons. The summed E-state index contributed by atoms with van der Waals surface area (Å²) < 4.78 is 1.26. The summed E-state index contributed by atoms with van der Waals surface area (Å²) in [6.07, 6.45) is 0. The van der Waals surface area contributed by atoms with E-state index in [1.807, 2.05) is 24.3 Å². The number of hydrogen-bond donors (Lipinski definition) is 1. The van der Waals surface area contributed by atoms with Gasteiger partial charge in [-0.05, 0) is 27.0 Å². The van der Waals surface area contributed by atoms with E-state index in [1.165, 1.54) is 4.68 Å². The molecule has 0 fully saturated rings. The molecule has 0 unspecified atom stereocenters. The van der Waals surface area contributed by atoms with Crippen LogP contribution in [0.2, 0.25) is 0 Å². The van der Waals surface area contributed by atoms with Gasteiger partial charge in [-0.2, -0.15) is 0 Å². The molecule has 1 heterocycles. The van der Waals surface area contributed by atoms with Gasteiger partial charge in [-0.15, -0.1) is 0 Å². The van der Waals surface area contributed by atoms with E-state index in [9.17, 15) is 30.3 Å². The summed E-state index contributed by atoms with van der Waals surface area (Å²) in [7, 11) is 0. The van der Waals surface area contributed by atoms with E-state index in [4.69, 9.17) is 0 Å². The summed E-state index contributed by atoms with van der Waals surface area (Å²) in [5, 5.41) is 47.5. The lowest BCUT2D eigenvalue weighted by Gasteiger charge is -2.19. The highest BCUT2D eigenvalue weighted by Gasteiger charge is 2.31. The average molecular weight is 442 g/mol. The molecule has 1 aromatic heterocycles. The highest BCUT2D eigenvalue weighted by atomic mass is 16.6. The Labute approximate surface area is 180 Å². The van der Waals surface area contributed by atoms with Gasteiger partial charge < -0.3 is 5.32 Å². The molecule has 0 spiro atoms. The van der Waals surface area contributed by atoms with Crippen LogP contribution in [0.15, 0.2) is 36.4 Å². The Hall–Kier alpha value is -4.49. The van der Waals surface area contributed by atoms with Crippen LogP contribution in [0, 0.1) is 30.3 Å². The third kappa shape index (κ3) is 4.63. The van der Waals surface area contributed by atoms with Crippen molar-refractivity contribution in [3.8, 4) is 0 Å². The highest BCUT2D eigenvalue weighted by molar-refractivity contribution is 5.79. The number of anilines is 2. The van der Waals surface area contributed by atoms with Gasteiger partial charge in [0, 0.05) is 0 Å². The van der Waals surface area contributed by atoms with Crippen molar-refractivity contribution in [2.45, 2.75) is 32.7 Å². The lowest BCUT2D eigenvalue weighted by atomic mass is 9.87. The second kappa shape index (κ2) is 8.33. The lowest BCUT2D eigenvalue weighted by molar-refractivity contribution is -0.401. The third-order valence-corrected chi connectivity index (χ3v) is 4.61. The highest BCUT2D eigenvalue weighted by Crippen LogP contribution is 2.39. The van der Waals surface area contributed by atoms with Gasteiger partial charge in [0.2, 0.25) is 5.95 Å². The van der Waals surface area contributed by atoms with Crippen molar-refractivity contribution in [3.05, 3.63) is 77.9 Å². The maximum atomic E-state index is 11.5. The molecule has 14 heteroatoms. The van der Waals surface area contributed by atoms with E-state index in [0.29, 0.717) is 12.1 Å². The van der Waals surface area contributed by atoms with Crippen LogP contribution in [0.5, 0.6) is 0 Å². The molecular weight excluding hydrogens is 424 g/mol. The standard InChI is InChI=1S/C18H18N8O6/c1-18(2,3)12-6-4-11(5-7-12)10-23-17(20-21-22-23)19-16-14(25(29)30)8-13(24(27)28)9-15(16)26(31)32/h4-9H,10H2,1-3H3,(H,19,20,22). The van der Waals surface area contributed by atoms with Gasteiger partial charge >= 0.3 is 11.4 Å². The number of hydrogen-bond acceptors (Lipinski definition) is 10. The molecule has 14 nitrogen and oxygen atoms in total. The molecule has 3 rings (SSSR count). The topological polar surface area (TPSA) is 185 Å². The van der Waals surface area contributed by atoms with E-state index < -0.39 is 37.5 Å².